The molecule has 190 valence electrons. The van der Waals surface area contributed by atoms with Crippen molar-refractivity contribution in [2.24, 2.45) is 0 Å². The SMILES string of the molecule is Cc1n[c]([BiH2])nc(-c2c3c(cc4c5ccccc5n(-c5ccccc5)c24)c2ccccc2n3-c2ccccc2)n1. The molecule has 0 aliphatic rings. The molecule has 0 radical (unpaired) electrons. The Labute approximate surface area is 245 Å². The molecule has 0 atom stereocenters. The van der Waals surface area contributed by atoms with Crippen molar-refractivity contribution in [1.82, 2.24) is 24.1 Å². The molecule has 3 heterocycles. The number of hydrogen-bond acceptors (Lipinski definition) is 3. The summed E-state index contributed by atoms with van der Waals surface area (Å²) in [6.07, 6.45) is 0. The van der Waals surface area contributed by atoms with Gasteiger partial charge in [0.15, 0.2) is 0 Å². The van der Waals surface area contributed by atoms with Crippen LogP contribution in [0.1, 0.15) is 5.82 Å². The molecule has 40 heavy (non-hydrogen) atoms. The summed E-state index contributed by atoms with van der Waals surface area (Å²) in [6.45, 7) is 1.97. The summed E-state index contributed by atoms with van der Waals surface area (Å²) >= 11 is 0.500. The van der Waals surface area contributed by atoms with Crippen molar-refractivity contribution in [2.75, 3.05) is 0 Å². The Bertz CT molecular complexity index is 2080. The fourth-order valence-corrected chi connectivity index (χ4v) is 7.29. The Hall–Kier alpha value is -4.41. The quantitative estimate of drug-likeness (QED) is 0.202. The maximum absolute atomic E-state index is 5.04. The number of nitrogens with zero attached hydrogens (tertiary/aromatic N) is 5. The zero-order chi connectivity index (χ0) is 26.8. The van der Waals surface area contributed by atoms with Crippen LogP contribution in [0.3, 0.4) is 0 Å². The van der Waals surface area contributed by atoms with E-state index in [1.165, 1.54) is 21.5 Å². The van der Waals surface area contributed by atoms with Crippen molar-refractivity contribution in [3.63, 3.8) is 0 Å². The van der Waals surface area contributed by atoms with Gasteiger partial charge in [-0.3, -0.25) is 0 Å². The van der Waals surface area contributed by atoms with Crippen molar-refractivity contribution in [1.29, 1.82) is 0 Å². The Balaban J connectivity index is 1.71. The van der Waals surface area contributed by atoms with Gasteiger partial charge >= 0.3 is 247 Å². The Morgan fingerprint density at radius 3 is 1.50 bits per heavy atom. The van der Waals surface area contributed by atoms with Gasteiger partial charge in [-0.15, -0.1) is 0 Å². The molecular formula is C34H24BiN5. The third-order valence-electron chi connectivity index (χ3n) is 7.61. The first-order valence-corrected chi connectivity index (χ1v) is 15.5. The van der Waals surface area contributed by atoms with Crippen LogP contribution < -0.4 is 3.53 Å². The summed E-state index contributed by atoms with van der Waals surface area (Å²) < 4.78 is 5.62. The summed E-state index contributed by atoms with van der Waals surface area (Å²) in [5.74, 6) is 1.47. The van der Waals surface area contributed by atoms with Crippen LogP contribution in [-0.2, 0) is 0 Å². The third-order valence-corrected chi connectivity index (χ3v) is 8.61. The number of aryl methyl sites for hydroxylation is 1. The van der Waals surface area contributed by atoms with Crippen molar-refractivity contribution >= 4 is 71.9 Å². The third kappa shape index (κ3) is 3.46. The molecule has 0 bridgehead atoms. The van der Waals surface area contributed by atoms with Crippen LogP contribution in [-0.4, -0.2) is 48.8 Å². The average Bonchev–Trinajstić information content (AvgIpc) is 3.49. The molecule has 8 aromatic rings. The van der Waals surface area contributed by atoms with E-state index in [4.69, 9.17) is 9.97 Å². The molecule has 0 fully saturated rings. The number of aromatic nitrogens is 5. The Morgan fingerprint density at radius 2 is 1.00 bits per heavy atom. The van der Waals surface area contributed by atoms with Crippen LogP contribution in [0.2, 0.25) is 0 Å². The van der Waals surface area contributed by atoms with Gasteiger partial charge in [0.05, 0.1) is 0 Å². The van der Waals surface area contributed by atoms with Gasteiger partial charge in [-0.2, -0.15) is 0 Å². The van der Waals surface area contributed by atoms with Crippen molar-refractivity contribution in [3.05, 3.63) is 121 Å². The molecule has 0 aliphatic carbocycles. The summed E-state index contributed by atoms with van der Waals surface area (Å²) in [6, 6.07) is 40.9. The van der Waals surface area contributed by atoms with Gasteiger partial charge in [-0.25, -0.2) is 0 Å². The van der Waals surface area contributed by atoms with Crippen molar-refractivity contribution < 1.29 is 0 Å². The molecular weight excluding hydrogens is 687 g/mol. The predicted molar refractivity (Wildman–Crippen MR) is 167 cm³/mol. The minimum atomic E-state index is 0.500. The predicted octanol–water partition coefficient (Wildman–Crippen LogP) is 6.30. The first-order chi connectivity index (χ1) is 19.7. The van der Waals surface area contributed by atoms with Gasteiger partial charge in [0.1, 0.15) is 0 Å². The first kappa shape index (κ1) is 23.5. The molecule has 0 saturated carbocycles. The van der Waals surface area contributed by atoms with E-state index in [0.717, 1.165) is 54.2 Å². The van der Waals surface area contributed by atoms with E-state index in [-0.39, 0.29) is 0 Å². The molecule has 6 heteroatoms. The van der Waals surface area contributed by atoms with Gasteiger partial charge in [0.2, 0.25) is 0 Å². The van der Waals surface area contributed by atoms with E-state index >= 15 is 0 Å². The fraction of sp³-hybridized carbons (Fsp3) is 0.0294. The topological polar surface area (TPSA) is 48.5 Å². The summed E-state index contributed by atoms with van der Waals surface area (Å²) in [5, 5.41) is 4.79. The molecule has 0 N–H and O–H groups in total. The molecule has 0 aliphatic heterocycles. The van der Waals surface area contributed by atoms with E-state index < -0.39 is 0 Å². The van der Waals surface area contributed by atoms with Crippen LogP contribution in [0.4, 0.5) is 0 Å². The number of rotatable bonds is 3. The van der Waals surface area contributed by atoms with Crippen LogP contribution >= 0.6 is 0 Å². The van der Waals surface area contributed by atoms with Gasteiger partial charge in [0.25, 0.3) is 0 Å². The number of benzene rings is 5. The molecule has 0 amide bonds. The Kier molecular flexibility index (Phi) is 5.33. The molecule has 0 saturated heterocycles. The molecule has 5 nitrogen and oxygen atoms in total. The standard InChI is InChI=1S/C34H22N5.Bi.2H/c1-22-35-21-36-34(37-22)31-32-27(25-16-8-10-18-29(25)38(32)23-12-4-2-5-13-23)20-28-26-17-9-11-19-30(26)39(33(28)31)24-14-6-3-7-15-24;;;/h2-20H,1H3;;;. The van der Waals surface area contributed by atoms with Gasteiger partial charge < -0.3 is 0 Å². The fourth-order valence-electron chi connectivity index (χ4n) is 6.09. The van der Waals surface area contributed by atoms with Gasteiger partial charge in [-0.05, 0) is 0 Å². The number of para-hydroxylation sites is 4. The second kappa shape index (κ2) is 9.07. The second-order valence-electron chi connectivity index (χ2n) is 9.98. The van der Waals surface area contributed by atoms with Gasteiger partial charge in [0, 0.05) is 0 Å². The number of fused-ring (bicyclic) bond motifs is 6. The van der Waals surface area contributed by atoms with Crippen molar-refractivity contribution in [2.45, 2.75) is 6.92 Å². The van der Waals surface area contributed by atoms with E-state index in [0.29, 0.717) is 24.7 Å². The summed E-state index contributed by atoms with van der Waals surface area (Å²) in [7, 11) is 0. The van der Waals surface area contributed by atoms with E-state index in [1.54, 1.807) is 0 Å². The molecule has 5 aromatic carbocycles. The first-order valence-electron chi connectivity index (χ1n) is 13.3. The van der Waals surface area contributed by atoms with Crippen LogP contribution in [0.15, 0.2) is 115 Å². The summed E-state index contributed by atoms with van der Waals surface area (Å²) in [4.78, 5) is 14.6. The molecule has 8 rings (SSSR count). The molecule has 0 unspecified atom stereocenters. The maximum atomic E-state index is 5.04. The Morgan fingerprint density at radius 1 is 0.525 bits per heavy atom. The minimum absolute atomic E-state index is 0.500. The average molecular weight is 712 g/mol. The van der Waals surface area contributed by atoms with E-state index in [1.807, 2.05) is 6.92 Å². The van der Waals surface area contributed by atoms with E-state index in [9.17, 15) is 0 Å². The van der Waals surface area contributed by atoms with Gasteiger partial charge in [-0.1, -0.05) is 0 Å². The molecule has 3 aromatic heterocycles. The van der Waals surface area contributed by atoms with Crippen molar-refractivity contribution in [3.8, 4) is 22.8 Å². The van der Waals surface area contributed by atoms with Crippen LogP contribution in [0.25, 0.3) is 66.4 Å². The number of hydrogen-bond donors (Lipinski definition) is 0. The zero-order valence-electron chi connectivity index (χ0n) is 21.8. The second-order valence-corrected chi connectivity index (χ2v) is 12.0. The zero-order valence-corrected chi connectivity index (χ0v) is 26.3. The monoisotopic (exact) mass is 711 g/mol. The van der Waals surface area contributed by atoms with E-state index in [2.05, 4.69) is 129 Å². The normalized spacial score (nSPS) is 11.8. The van der Waals surface area contributed by atoms with Crippen LogP contribution in [0, 0.1) is 6.92 Å². The van der Waals surface area contributed by atoms with Crippen LogP contribution in [0.5, 0.6) is 0 Å². The molecule has 0 spiro atoms. The summed E-state index contributed by atoms with van der Waals surface area (Å²) in [5.41, 5.74) is 7.77.